The summed E-state index contributed by atoms with van der Waals surface area (Å²) in [6, 6.07) is 13.8. The number of nitrogens with zero attached hydrogens (tertiary/aromatic N) is 3. The van der Waals surface area contributed by atoms with Crippen molar-refractivity contribution in [3.63, 3.8) is 0 Å². The molecule has 0 aliphatic heterocycles. The Balaban J connectivity index is 1.39. The van der Waals surface area contributed by atoms with E-state index in [0.717, 1.165) is 21.8 Å². The number of hydrogen-bond donors (Lipinski definition) is 1. The zero-order valence-corrected chi connectivity index (χ0v) is 19.5. The maximum Gasteiger partial charge on any atom is 0.268 e. The molecule has 0 spiro atoms. The highest BCUT2D eigenvalue weighted by molar-refractivity contribution is 7.15. The van der Waals surface area contributed by atoms with E-state index in [1.807, 2.05) is 47.2 Å². The van der Waals surface area contributed by atoms with Gasteiger partial charge in [-0.15, -0.1) is 22.7 Å². The predicted octanol–water partition coefficient (Wildman–Crippen LogP) is 6.11. The number of halogens is 1. The van der Waals surface area contributed by atoms with Crippen molar-refractivity contribution in [1.29, 1.82) is 0 Å². The lowest BCUT2D eigenvalue weighted by atomic mass is 10.1. The van der Waals surface area contributed by atoms with Crippen molar-refractivity contribution < 1.29 is 13.9 Å². The minimum absolute atomic E-state index is 0.275. The summed E-state index contributed by atoms with van der Waals surface area (Å²) in [4.78, 5) is 23.6. The molecule has 0 aliphatic carbocycles. The van der Waals surface area contributed by atoms with Gasteiger partial charge in [0, 0.05) is 17.1 Å². The van der Waals surface area contributed by atoms with E-state index in [1.54, 1.807) is 19.1 Å². The maximum atomic E-state index is 13.4. The fourth-order valence-electron chi connectivity index (χ4n) is 3.38. The molecule has 2 aromatic carbocycles. The number of carbonyl (C=O) groups is 1. The third-order valence-electron chi connectivity index (χ3n) is 5.04. The van der Waals surface area contributed by atoms with Crippen LogP contribution in [-0.2, 0) is 6.61 Å². The molecule has 0 saturated carbocycles. The quantitative estimate of drug-likeness (QED) is 0.320. The van der Waals surface area contributed by atoms with Crippen molar-refractivity contribution in [2.45, 2.75) is 20.5 Å². The summed E-state index contributed by atoms with van der Waals surface area (Å²) in [5.41, 5.74) is 3.09. The first-order valence-corrected chi connectivity index (χ1v) is 11.9. The van der Waals surface area contributed by atoms with E-state index in [4.69, 9.17) is 4.74 Å². The number of amides is 1. The minimum atomic E-state index is -0.328. The molecule has 0 atom stereocenters. The summed E-state index contributed by atoms with van der Waals surface area (Å²) in [5.74, 6) is 0.685. The van der Waals surface area contributed by atoms with Gasteiger partial charge in [0.25, 0.3) is 5.91 Å². The summed E-state index contributed by atoms with van der Waals surface area (Å²) >= 11 is 2.75. The van der Waals surface area contributed by atoms with Crippen molar-refractivity contribution in [3.05, 3.63) is 87.1 Å². The lowest BCUT2D eigenvalue weighted by Crippen LogP contribution is -2.13. The van der Waals surface area contributed by atoms with Gasteiger partial charge in [-0.3, -0.25) is 9.20 Å². The van der Waals surface area contributed by atoms with Crippen LogP contribution >= 0.6 is 22.7 Å². The van der Waals surface area contributed by atoms with Crippen LogP contribution in [0.5, 0.6) is 5.75 Å². The Morgan fingerprint density at radius 1 is 1.09 bits per heavy atom. The molecule has 5 rings (SSSR count). The third kappa shape index (κ3) is 4.37. The molecule has 1 amide bonds. The minimum Gasteiger partial charge on any atom is -0.486 e. The number of imidazole rings is 1. The number of carbonyl (C=O) groups excluding carboxylic acids is 1. The second-order valence-corrected chi connectivity index (χ2v) is 9.41. The molecule has 0 aliphatic rings. The normalized spacial score (nSPS) is 11.1. The van der Waals surface area contributed by atoms with E-state index in [2.05, 4.69) is 15.3 Å². The van der Waals surface area contributed by atoms with E-state index >= 15 is 0 Å². The highest BCUT2D eigenvalue weighted by Gasteiger charge is 2.21. The molecular weight excluding hydrogens is 459 g/mol. The van der Waals surface area contributed by atoms with Crippen molar-refractivity contribution in [2.24, 2.45) is 0 Å². The monoisotopic (exact) mass is 478 g/mol. The molecular formula is C24H19FN4O2S2. The number of benzene rings is 2. The molecule has 0 fully saturated rings. The van der Waals surface area contributed by atoms with E-state index in [1.165, 1.54) is 34.8 Å². The van der Waals surface area contributed by atoms with Gasteiger partial charge >= 0.3 is 0 Å². The van der Waals surface area contributed by atoms with Crippen LogP contribution in [0.4, 0.5) is 10.2 Å². The lowest BCUT2D eigenvalue weighted by molar-refractivity contribution is 0.102. The zero-order valence-electron chi connectivity index (χ0n) is 17.8. The predicted molar refractivity (Wildman–Crippen MR) is 129 cm³/mol. The molecule has 0 radical (unpaired) electrons. The average Bonchev–Trinajstić information content (AvgIpc) is 3.50. The van der Waals surface area contributed by atoms with Crippen LogP contribution in [-0.4, -0.2) is 20.3 Å². The Kier molecular flexibility index (Phi) is 5.65. The Hall–Kier alpha value is -3.56. The zero-order chi connectivity index (χ0) is 22.9. The summed E-state index contributed by atoms with van der Waals surface area (Å²) in [5, 5.41) is 5.59. The Bertz CT molecular complexity index is 1440. The van der Waals surface area contributed by atoms with E-state index in [-0.39, 0.29) is 18.3 Å². The van der Waals surface area contributed by atoms with Gasteiger partial charge in [-0.05, 0) is 50.2 Å². The van der Waals surface area contributed by atoms with Gasteiger partial charge in [-0.1, -0.05) is 17.7 Å². The molecule has 0 saturated heterocycles. The maximum absolute atomic E-state index is 13.4. The van der Waals surface area contributed by atoms with Gasteiger partial charge in [0.15, 0.2) is 4.96 Å². The molecule has 6 nitrogen and oxygen atoms in total. The number of hydrogen-bond acceptors (Lipinski definition) is 6. The van der Waals surface area contributed by atoms with Crippen LogP contribution in [0, 0.1) is 19.7 Å². The van der Waals surface area contributed by atoms with Crippen molar-refractivity contribution >= 4 is 39.4 Å². The van der Waals surface area contributed by atoms with Crippen LogP contribution in [0.3, 0.4) is 0 Å². The second-order valence-electron chi connectivity index (χ2n) is 7.45. The highest BCUT2D eigenvalue weighted by atomic mass is 32.1. The number of fused-ring (bicyclic) bond motifs is 1. The molecule has 33 heavy (non-hydrogen) atoms. The van der Waals surface area contributed by atoms with Gasteiger partial charge in [0.2, 0.25) is 0 Å². The Morgan fingerprint density at radius 3 is 2.61 bits per heavy atom. The topological polar surface area (TPSA) is 68.5 Å². The molecule has 3 heterocycles. The summed E-state index contributed by atoms with van der Waals surface area (Å²) in [6.45, 7) is 4.10. The van der Waals surface area contributed by atoms with E-state index in [9.17, 15) is 9.18 Å². The summed E-state index contributed by atoms with van der Waals surface area (Å²) < 4.78 is 21.0. The first kappa shape index (κ1) is 21.3. The number of ether oxygens (including phenoxy) is 1. The average molecular weight is 479 g/mol. The molecule has 0 unspecified atom stereocenters. The summed E-state index contributed by atoms with van der Waals surface area (Å²) in [6.07, 6.45) is 1.84. The smallest absolute Gasteiger partial charge is 0.268 e. The van der Waals surface area contributed by atoms with Crippen LogP contribution < -0.4 is 10.1 Å². The van der Waals surface area contributed by atoms with Crippen molar-refractivity contribution in [1.82, 2.24) is 14.4 Å². The van der Waals surface area contributed by atoms with Gasteiger partial charge in [0.05, 0.1) is 5.69 Å². The number of nitrogens with one attached hydrogen (secondary N) is 1. The van der Waals surface area contributed by atoms with Crippen molar-refractivity contribution in [3.8, 4) is 17.0 Å². The van der Waals surface area contributed by atoms with Crippen LogP contribution in [0.1, 0.15) is 25.9 Å². The van der Waals surface area contributed by atoms with E-state index < -0.39 is 0 Å². The fraction of sp³-hybridized carbons (Fsp3) is 0.125. The van der Waals surface area contributed by atoms with Crippen LogP contribution in [0.25, 0.3) is 16.2 Å². The number of aryl methyl sites for hydroxylation is 2. The Labute approximate surface area is 197 Å². The van der Waals surface area contributed by atoms with E-state index in [0.29, 0.717) is 27.1 Å². The molecule has 5 aromatic rings. The standard InChI is InChI=1S/C24H19FN4O2S2/c1-14-3-9-18(10-4-14)31-13-19-26-15(2)21(33-19)23(30)28-22-20(16-5-7-17(25)8-6-16)27-24-29(22)11-12-32-24/h3-12H,13H2,1-2H3,(H,28,30). The molecule has 9 heteroatoms. The second kappa shape index (κ2) is 8.76. The number of anilines is 1. The Morgan fingerprint density at radius 2 is 1.85 bits per heavy atom. The number of thiazole rings is 2. The van der Waals surface area contributed by atoms with Gasteiger partial charge in [-0.25, -0.2) is 14.4 Å². The van der Waals surface area contributed by atoms with Crippen molar-refractivity contribution in [2.75, 3.05) is 5.32 Å². The van der Waals surface area contributed by atoms with Gasteiger partial charge in [-0.2, -0.15) is 0 Å². The largest absolute Gasteiger partial charge is 0.486 e. The molecule has 166 valence electrons. The molecule has 3 aromatic heterocycles. The van der Waals surface area contributed by atoms with Crippen LogP contribution in [0.2, 0.25) is 0 Å². The van der Waals surface area contributed by atoms with Gasteiger partial charge < -0.3 is 10.1 Å². The summed E-state index contributed by atoms with van der Waals surface area (Å²) in [7, 11) is 0. The fourth-order valence-corrected chi connectivity index (χ4v) is 4.97. The molecule has 0 bridgehead atoms. The number of rotatable bonds is 6. The van der Waals surface area contributed by atoms with Gasteiger partial charge in [0.1, 0.15) is 39.6 Å². The molecule has 1 N–H and O–H groups in total. The SMILES string of the molecule is Cc1ccc(OCc2nc(C)c(C(=O)Nc3c(-c4ccc(F)cc4)nc4sccn34)s2)cc1. The third-order valence-corrected chi connectivity index (χ3v) is 6.93. The van der Waals surface area contributed by atoms with Crippen LogP contribution in [0.15, 0.2) is 60.1 Å². The highest BCUT2D eigenvalue weighted by Crippen LogP contribution is 2.32. The lowest BCUT2D eigenvalue weighted by Gasteiger charge is -2.06. The number of aromatic nitrogens is 3. The first-order valence-electron chi connectivity index (χ1n) is 10.2. The first-order chi connectivity index (χ1) is 16.0.